The molecule has 1 aromatic heterocycles. The second kappa shape index (κ2) is 7.08. The van der Waals surface area contributed by atoms with Crippen LogP contribution < -0.4 is 5.32 Å². The van der Waals surface area contributed by atoms with E-state index >= 15 is 0 Å². The fourth-order valence-electron chi connectivity index (χ4n) is 2.98. The summed E-state index contributed by atoms with van der Waals surface area (Å²) in [5, 5.41) is 6.92. The number of rotatable bonds is 4. The lowest BCUT2D eigenvalue weighted by Gasteiger charge is -2.42. The molecular weight excluding hydrogens is 296 g/mol. The minimum atomic E-state index is -0.309. The first-order valence-corrected chi connectivity index (χ1v) is 7.96. The van der Waals surface area contributed by atoms with Crippen molar-refractivity contribution in [3.05, 3.63) is 11.6 Å². The topological polar surface area (TPSA) is 83.4 Å². The van der Waals surface area contributed by atoms with Crippen LogP contribution >= 0.6 is 0 Å². The summed E-state index contributed by atoms with van der Waals surface area (Å²) in [7, 11) is 1.63. The predicted octanol–water partition coefficient (Wildman–Crippen LogP) is -0.438. The van der Waals surface area contributed by atoms with E-state index in [1.807, 2.05) is 6.92 Å². The van der Waals surface area contributed by atoms with E-state index in [0.29, 0.717) is 25.5 Å². The molecule has 2 heterocycles. The van der Waals surface area contributed by atoms with Gasteiger partial charge in [0.1, 0.15) is 24.2 Å². The van der Waals surface area contributed by atoms with Gasteiger partial charge in [-0.15, -0.1) is 0 Å². The molecule has 0 aromatic carbocycles. The summed E-state index contributed by atoms with van der Waals surface area (Å²) >= 11 is 0. The van der Waals surface area contributed by atoms with Gasteiger partial charge < -0.3 is 10.2 Å². The summed E-state index contributed by atoms with van der Waals surface area (Å²) in [5.41, 5.74) is 0. The van der Waals surface area contributed by atoms with E-state index in [-0.39, 0.29) is 30.4 Å². The number of hydrogen-bond donors (Lipinski definition) is 1. The van der Waals surface area contributed by atoms with Crippen molar-refractivity contribution >= 4 is 11.8 Å². The average Bonchev–Trinajstić information content (AvgIpc) is 2.83. The van der Waals surface area contributed by atoms with Gasteiger partial charge in [0.25, 0.3) is 0 Å². The highest BCUT2D eigenvalue weighted by Crippen LogP contribution is 2.14. The van der Waals surface area contributed by atoms with Crippen molar-refractivity contribution in [3.8, 4) is 0 Å². The van der Waals surface area contributed by atoms with Crippen molar-refractivity contribution in [1.82, 2.24) is 29.9 Å². The minimum absolute atomic E-state index is 0.0321. The lowest BCUT2D eigenvalue weighted by Crippen LogP contribution is -2.61. The maximum atomic E-state index is 12.5. The number of piperazine rings is 1. The molecule has 0 radical (unpaired) electrons. The van der Waals surface area contributed by atoms with E-state index in [9.17, 15) is 9.59 Å². The number of nitrogens with zero attached hydrogens (tertiary/aromatic N) is 5. The molecule has 1 N–H and O–H groups in total. The van der Waals surface area contributed by atoms with Crippen molar-refractivity contribution in [2.45, 2.75) is 46.3 Å². The molecule has 2 amide bonds. The Morgan fingerprint density at radius 3 is 2.52 bits per heavy atom. The van der Waals surface area contributed by atoms with Gasteiger partial charge in [0.05, 0.1) is 0 Å². The second-order valence-corrected chi connectivity index (χ2v) is 6.17. The van der Waals surface area contributed by atoms with E-state index in [2.05, 4.69) is 34.1 Å². The Balaban J connectivity index is 2.07. The molecule has 0 saturated carbocycles. The van der Waals surface area contributed by atoms with E-state index < -0.39 is 0 Å². The van der Waals surface area contributed by atoms with Crippen LogP contribution in [0.15, 0.2) is 0 Å². The van der Waals surface area contributed by atoms with Crippen molar-refractivity contribution in [1.29, 1.82) is 0 Å². The molecule has 8 heteroatoms. The summed E-state index contributed by atoms with van der Waals surface area (Å²) in [6.07, 6.45) is 0. The van der Waals surface area contributed by atoms with Crippen LogP contribution in [0.25, 0.3) is 0 Å². The maximum Gasteiger partial charge on any atom is 0.244 e. The summed E-state index contributed by atoms with van der Waals surface area (Å²) in [4.78, 5) is 32.8. The molecule has 23 heavy (non-hydrogen) atoms. The van der Waals surface area contributed by atoms with Gasteiger partial charge in [0, 0.05) is 32.7 Å². The standard InChI is InChI=1S/C15H26N6O2/c1-10(2)20-7-6-19(8-13(20)15(23)16-5)14(22)9-21-12(4)17-11(3)18-21/h10,13H,6-9H2,1-5H3,(H,16,23). The molecular formula is C15H26N6O2. The molecule has 2 rings (SSSR count). The molecule has 0 aliphatic carbocycles. The Kier molecular flexibility index (Phi) is 5.35. The third-order valence-electron chi connectivity index (χ3n) is 4.23. The summed E-state index contributed by atoms with van der Waals surface area (Å²) < 4.78 is 1.61. The number of aryl methyl sites for hydroxylation is 2. The molecule has 1 atom stereocenters. The number of likely N-dealkylation sites (N-methyl/N-ethyl adjacent to an activating group) is 1. The van der Waals surface area contributed by atoms with Crippen LogP contribution in [0.5, 0.6) is 0 Å². The van der Waals surface area contributed by atoms with Gasteiger partial charge in [-0.25, -0.2) is 9.67 Å². The van der Waals surface area contributed by atoms with Crippen LogP contribution in [0.4, 0.5) is 0 Å². The molecule has 8 nitrogen and oxygen atoms in total. The fraction of sp³-hybridized carbons (Fsp3) is 0.733. The Bertz CT molecular complexity index is 583. The van der Waals surface area contributed by atoms with E-state index in [1.165, 1.54) is 0 Å². The Morgan fingerprint density at radius 2 is 2.00 bits per heavy atom. The zero-order valence-electron chi connectivity index (χ0n) is 14.5. The van der Waals surface area contributed by atoms with Crippen LogP contribution in [0.1, 0.15) is 25.5 Å². The van der Waals surface area contributed by atoms with E-state index in [0.717, 1.165) is 5.82 Å². The van der Waals surface area contributed by atoms with Gasteiger partial charge in [-0.1, -0.05) is 0 Å². The fourth-order valence-corrected chi connectivity index (χ4v) is 2.98. The first kappa shape index (κ1) is 17.4. The van der Waals surface area contributed by atoms with Crippen LogP contribution in [0, 0.1) is 13.8 Å². The highest BCUT2D eigenvalue weighted by Gasteiger charge is 2.35. The summed E-state index contributed by atoms with van der Waals surface area (Å²) in [6.45, 7) is 9.64. The average molecular weight is 322 g/mol. The zero-order valence-corrected chi connectivity index (χ0v) is 14.5. The van der Waals surface area contributed by atoms with Gasteiger partial charge >= 0.3 is 0 Å². The van der Waals surface area contributed by atoms with Crippen LogP contribution in [-0.4, -0.2) is 75.1 Å². The Labute approximate surface area is 136 Å². The molecule has 1 aliphatic rings. The Morgan fingerprint density at radius 1 is 1.30 bits per heavy atom. The van der Waals surface area contributed by atoms with Crippen LogP contribution in [0.3, 0.4) is 0 Å². The van der Waals surface area contributed by atoms with Gasteiger partial charge in [-0.3, -0.25) is 14.5 Å². The summed E-state index contributed by atoms with van der Waals surface area (Å²) in [6, 6.07) is -0.0500. The lowest BCUT2D eigenvalue weighted by molar-refractivity contribution is -0.139. The number of nitrogens with one attached hydrogen (secondary N) is 1. The second-order valence-electron chi connectivity index (χ2n) is 6.17. The quantitative estimate of drug-likeness (QED) is 0.813. The van der Waals surface area contributed by atoms with Crippen molar-refractivity contribution in [2.24, 2.45) is 0 Å². The van der Waals surface area contributed by atoms with Crippen molar-refractivity contribution in [3.63, 3.8) is 0 Å². The van der Waals surface area contributed by atoms with Crippen LogP contribution in [-0.2, 0) is 16.1 Å². The first-order valence-electron chi connectivity index (χ1n) is 7.96. The van der Waals surface area contributed by atoms with Gasteiger partial charge in [0.15, 0.2) is 0 Å². The monoisotopic (exact) mass is 322 g/mol. The molecule has 1 aromatic rings. The van der Waals surface area contributed by atoms with Crippen LogP contribution in [0.2, 0.25) is 0 Å². The highest BCUT2D eigenvalue weighted by molar-refractivity contribution is 5.83. The molecule has 1 unspecified atom stereocenters. The third kappa shape index (κ3) is 3.87. The normalized spacial score (nSPS) is 19.2. The highest BCUT2D eigenvalue weighted by atomic mass is 16.2. The summed E-state index contributed by atoms with van der Waals surface area (Å²) in [5.74, 6) is 1.29. The lowest BCUT2D eigenvalue weighted by atomic mass is 10.1. The molecule has 1 fully saturated rings. The van der Waals surface area contributed by atoms with Gasteiger partial charge in [-0.2, -0.15) is 5.10 Å². The molecule has 0 bridgehead atoms. The molecule has 1 saturated heterocycles. The number of carbonyl (C=O) groups is 2. The van der Waals surface area contributed by atoms with Crippen molar-refractivity contribution in [2.75, 3.05) is 26.7 Å². The zero-order chi connectivity index (χ0) is 17.1. The largest absolute Gasteiger partial charge is 0.358 e. The third-order valence-corrected chi connectivity index (χ3v) is 4.23. The number of amides is 2. The number of carbonyl (C=O) groups excluding carboxylic acids is 2. The minimum Gasteiger partial charge on any atom is -0.358 e. The van der Waals surface area contributed by atoms with Crippen molar-refractivity contribution < 1.29 is 9.59 Å². The smallest absolute Gasteiger partial charge is 0.244 e. The van der Waals surface area contributed by atoms with E-state index in [1.54, 1.807) is 23.6 Å². The number of hydrogen-bond acceptors (Lipinski definition) is 5. The molecule has 128 valence electrons. The van der Waals surface area contributed by atoms with Gasteiger partial charge in [0.2, 0.25) is 11.8 Å². The Hall–Kier alpha value is -1.96. The predicted molar refractivity (Wildman–Crippen MR) is 85.8 cm³/mol. The number of aromatic nitrogens is 3. The first-order chi connectivity index (χ1) is 10.8. The molecule has 0 spiro atoms. The molecule has 1 aliphatic heterocycles. The maximum absolute atomic E-state index is 12.5. The van der Waals surface area contributed by atoms with E-state index in [4.69, 9.17) is 0 Å². The SMILES string of the molecule is CNC(=O)C1CN(C(=O)Cn2nc(C)nc2C)CCN1C(C)C. The van der Waals surface area contributed by atoms with Gasteiger partial charge in [-0.05, 0) is 27.7 Å².